The fourth-order valence-electron chi connectivity index (χ4n) is 1.35. The molecule has 1 rings (SSSR count). The second kappa shape index (κ2) is 2.97. The van der Waals surface area contributed by atoms with Crippen molar-refractivity contribution in [3.8, 4) is 0 Å². The van der Waals surface area contributed by atoms with E-state index in [1.165, 1.54) is 6.26 Å². The molecular formula is C8H14O2S. The van der Waals surface area contributed by atoms with Gasteiger partial charge in [0.25, 0.3) is 0 Å². The SMILES string of the molecule is C=CCC(C1CC1)S(C)(=O)=O. The zero-order chi connectivity index (χ0) is 8.48. The van der Waals surface area contributed by atoms with Gasteiger partial charge in [0.1, 0.15) is 0 Å². The summed E-state index contributed by atoms with van der Waals surface area (Å²) >= 11 is 0. The van der Waals surface area contributed by atoms with Crippen LogP contribution in [0.3, 0.4) is 0 Å². The fourth-order valence-corrected chi connectivity index (χ4v) is 2.81. The van der Waals surface area contributed by atoms with E-state index in [0.717, 1.165) is 12.8 Å². The van der Waals surface area contributed by atoms with E-state index >= 15 is 0 Å². The molecule has 0 aromatic heterocycles. The Morgan fingerprint density at radius 1 is 1.64 bits per heavy atom. The highest BCUT2D eigenvalue weighted by Crippen LogP contribution is 2.37. The van der Waals surface area contributed by atoms with Crippen LogP contribution in [0.4, 0.5) is 0 Å². The third-order valence-corrected chi connectivity index (χ3v) is 3.77. The first-order valence-corrected chi connectivity index (χ1v) is 5.81. The molecule has 11 heavy (non-hydrogen) atoms. The van der Waals surface area contributed by atoms with Crippen LogP contribution in [0.5, 0.6) is 0 Å². The molecule has 0 spiro atoms. The molecule has 0 radical (unpaired) electrons. The van der Waals surface area contributed by atoms with Crippen LogP contribution in [0, 0.1) is 5.92 Å². The van der Waals surface area contributed by atoms with Gasteiger partial charge in [-0.05, 0) is 25.2 Å². The molecular weight excluding hydrogens is 160 g/mol. The highest BCUT2D eigenvalue weighted by molar-refractivity contribution is 7.91. The minimum atomic E-state index is -2.84. The van der Waals surface area contributed by atoms with Gasteiger partial charge in [-0.25, -0.2) is 8.42 Å². The van der Waals surface area contributed by atoms with Crippen LogP contribution in [-0.2, 0) is 9.84 Å². The summed E-state index contributed by atoms with van der Waals surface area (Å²) in [6, 6.07) is 0. The molecule has 1 unspecified atom stereocenters. The van der Waals surface area contributed by atoms with Crippen molar-refractivity contribution in [2.75, 3.05) is 6.26 Å². The number of rotatable bonds is 4. The Balaban J connectivity index is 2.66. The lowest BCUT2D eigenvalue weighted by Gasteiger charge is -2.10. The third kappa shape index (κ3) is 2.33. The van der Waals surface area contributed by atoms with Gasteiger partial charge in [0.2, 0.25) is 0 Å². The topological polar surface area (TPSA) is 34.1 Å². The van der Waals surface area contributed by atoms with Gasteiger partial charge in [-0.1, -0.05) is 6.08 Å². The third-order valence-electron chi connectivity index (χ3n) is 2.10. The quantitative estimate of drug-likeness (QED) is 0.603. The molecule has 0 heterocycles. The maximum atomic E-state index is 11.2. The second-order valence-electron chi connectivity index (χ2n) is 3.23. The van der Waals surface area contributed by atoms with E-state index in [4.69, 9.17) is 0 Å². The Morgan fingerprint density at radius 3 is 2.45 bits per heavy atom. The summed E-state index contributed by atoms with van der Waals surface area (Å²) in [7, 11) is -2.84. The summed E-state index contributed by atoms with van der Waals surface area (Å²) < 4.78 is 22.3. The van der Waals surface area contributed by atoms with Crippen molar-refractivity contribution < 1.29 is 8.42 Å². The maximum Gasteiger partial charge on any atom is 0.150 e. The molecule has 2 nitrogen and oxygen atoms in total. The molecule has 1 atom stereocenters. The zero-order valence-electron chi connectivity index (χ0n) is 6.79. The zero-order valence-corrected chi connectivity index (χ0v) is 7.60. The number of hydrogen-bond acceptors (Lipinski definition) is 2. The minimum absolute atomic E-state index is 0.153. The van der Waals surface area contributed by atoms with Crippen molar-refractivity contribution in [2.45, 2.75) is 24.5 Å². The summed E-state index contributed by atoms with van der Waals surface area (Å²) in [5, 5.41) is -0.153. The Labute approximate surface area is 68.2 Å². The molecule has 1 aliphatic rings. The standard InChI is InChI=1S/C8H14O2S/c1-3-4-8(7-5-6-7)11(2,9)10/h3,7-8H,1,4-6H2,2H3. The van der Waals surface area contributed by atoms with Gasteiger partial charge in [-0.15, -0.1) is 6.58 Å². The molecule has 0 bridgehead atoms. The monoisotopic (exact) mass is 174 g/mol. The normalized spacial score (nSPS) is 21.2. The first-order valence-electron chi connectivity index (χ1n) is 3.85. The lowest BCUT2D eigenvalue weighted by Crippen LogP contribution is -2.21. The molecule has 64 valence electrons. The predicted octanol–water partition coefficient (Wildman–Crippen LogP) is 1.39. The number of sulfone groups is 1. The van der Waals surface area contributed by atoms with Crippen LogP contribution in [-0.4, -0.2) is 19.9 Å². The highest BCUT2D eigenvalue weighted by Gasteiger charge is 2.36. The largest absolute Gasteiger partial charge is 0.229 e. The molecule has 1 aliphatic carbocycles. The number of allylic oxidation sites excluding steroid dienone is 1. The van der Waals surface area contributed by atoms with Crippen LogP contribution in [0.2, 0.25) is 0 Å². The summed E-state index contributed by atoms with van der Waals surface area (Å²) in [5.74, 6) is 0.419. The van der Waals surface area contributed by atoms with Crippen LogP contribution in [0.15, 0.2) is 12.7 Å². The summed E-state index contributed by atoms with van der Waals surface area (Å²) in [5.41, 5.74) is 0. The van der Waals surface area contributed by atoms with Crippen molar-refractivity contribution in [3.63, 3.8) is 0 Å². The lowest BCUT2D eigenvalue weighted by molar-refractivity contribution is 0.573. The van der Waals surface area contributed by atoms with Crippen molar-refractivity contribution in [3.05, 3.63) is 12.7 Å². The predicted molar refractivity (Wildman–Crippen MR) is 46.2 cm³/mol. The fraction of sp³-hybridized carbons (Fsp3) is 0.750. The Morgan fingerprint density at radius 2 is 2.18 bits per heavy atom. The van der Waals surface area contributed by atoms with Crippen LogP contribution in [0.25, 0.3) is 0 Å². The van der Waals surface area contributed by atoms with Gasteiger partial charge in [0.15, 0.2) is 9.84 Å². The van der Waals surface area contributed by atoms with Crippen LogP contribution < -0.4 is 0 Å². The van der Waals surface area contributed by atoms with Crippen molar-refractivity contribution >= 4 is 9.84 Å². The van der Waals surface area contributed by atoms with Gasteiger partial charge in [0, 0.05) is 6.26 Å². The van der Waals surface area contributed by atoms with Crippen LogP contribution >= 0.6 is 0 Å². The van der Waals surface area contributed by atoms with E-state index in [-0.39, 0.29) is 5.25 Å². The van der Waals surface area contributed by atoms with Gasteiger partial charge in [-0.3, -0.25) is 0 Å². The van der Waals surface area contributed by atoms with Crippen molar-refractivity contribution in [1.82, 2.24) is 0 Å². The molecule has 0 amide bonds. The lowest BCUT2D eigenvalue weighted by atomic mass is 10.2. The van der Waals surface area contributed by atoms with Crippen molar-refractivity contribution in [1.29, 1.82) is 0 Å². The minimum Gasteiger partial charge on any atom is -0.229 e. The van der Waals surface area contributed by atoms with E-state index in [0.29, 0.717) is 12.3 Å². The molecule has 0 N–H and O–H groups in total. The second-order valence-corrected chi connectivity index (χ2v) is 5.49. The average molecular weight is 174 g/mol. The average Bonchev–Trinajstić information content (AvgIpc) is 2.61. The van der Waals surface area contributed by atoms with Crippen molar-refractivity contribution in [2.24, 2.45) is 5.92 Å². The van der Waals surface area contributed by atoms with Gasteiger partial charge in [-0.2, -0.15) is 0 Å². The maximum absolute atomic E-state index is 11.2. The smallest absolute Gasteiger partial charge is 0.150 e. The molecule has 1 saturated carbocycles. The first-order chi connectivity index (χ1) is 5.05. The van der Waals surface area contributed by atoms with E-state index in [1.807, 2.05) is 0 Å². The summed E-state index contributed by atoms with van der Waals surface area (Å²) in [6.07, 6.45) is 5.78. The first kappa shape index (κ1) is 8.78. The van der Waals surface area contributed by atoms with Gasteiger partial charge >= 0.3 is 0 Å². The molecule has 3 heteroatoms. The van der Waals surface area contributed by atoms with E-state index in [1.54, 1.807) is 6.08 Å². The Hall–Kier alpha value is -0.310. The van der Waals surface area contributed by atoms with E-state index < -0.39 is 9.84 Å². The molecule has 0 aromatic rings. The number of hydrogen-bond donors (Lipinski definition) is 0. The summed E-state index contributed by atoms with van der Waals surface area (Å²) in [6.45, 7) is 3.56. The van der Waals surface area contributed by atoms with Crippen LogP contribution in [0.1, 0.15) is 19.3 Å². The molecule has 1 fully saturated rings. The summed E-state index contributed by atoms with van der Waals surface area (Å²) in [4.78, 5) is 0. The van der Waals surface area contributed by atoms with Gasteiger partial charge in [0.05, 0.1) is 5.25 Å². The highest BCUT2D eigenvalue weighted by atomic mass is 32.2. The molecule has 0 saturated heterocycles. The van der Waals surface area contributed by atoms with E-state index in [2.05, 4.69) is 6.58 Å². The van der Waals surface area contributed by atoms with E-state index in [9.17, 15) is 8.42 Å². The molecule has 0 aromatic carbocycles. The van der Waals surface area contributed by atoms with Gasteiger partial charge < -0.3 is 0 Å². The molecule has 0 aliphatic heterocycles. The Kier molecular flexibility index (Phi) is 2.37. The Bertz CT molecular complexity index is 237.